The molecule has 0 spiro atoms. The Balaban J connectivity index is 1.63. The van der Waals surface area contributed by atoms with Gasteiger partial charge in [0.2, 0.25) is 5.91 Å². The third-order valence-electron chi connectivity index (χ3n) is 4.26. The summed E-state index contributed by atoms with van der Waals surface area (Å²) in [7, 11) is 0. The number of thioether (sulfide) groups is 1. The van der Waals surface area contributed by atoms with E-state index < -0.39 is 0 Å². The maximum atomic E-state index is 12.5. The molecule has 2 heterocycles. The molecule has 0 radical (unpaired) electrons. The molecule has 3 rings (SSSR count). The zero-order valence-corrected chi connectivity index (χ0v) is 15.3. The van der Waals surface area contributed by atoms with Crippen molar-refractivity contribution in [3.8, 4) is 0 Å². The Bertz CT molecular complexity index is 691. The summed E-state index contributed by atoms with van der Waals surface area (Å²) >= 11 is 6.63. The summed E-state index contributed by atoms with van der Waals surface area (Å²) in [5.41, 5.74) is 2.16. The molecule has 2 aliphatic heterocycles. The van der Waals surface area contributed by atoms with E-state index in [1.165, 1.54) is 17.3 Å². The molecular weight excluding hydrogens is 340 g/mol. The Morgan fingerprint density at radius 1 is 1.25 bits per heavy atom. The highest BCUT2D eigenvalue weighted by Gasteiger charge is 2.32. The standard InChI is InChI=1S/C18H20N2O2S2/c1-13-4-6-14(7-5-13)12-15-17(22)20(18(23)24-15)11-8-16(21)19-9-2-3-10-19/h4-7,12H,2-3,8-11H2,1H3. The molecule has 0 aromatic heterocycles. The Morgan fingerprint density at radius 3 is 2.58 bits per heavy atom. The quantitative estimate of drug-likeness (QED) is 0.611. The zero-order chi connectivity index (χ0) is 17.1. The van der Waals surface area contributed by atoms with Crippen molar-refractivity contribution in [1.82, 2.24) is 9.80 Å². The lowest BCUT2D eigenvalue weighted by atomic mass is 10.1. The van der Waals surface area contributed by atoms with E-state index in [1.54, 1.807) is 4.90 Å². The summed E-state index contributed by atoms with van der Waals surface area (Å²) in [6.45, 7) is 4.07. The van der Waals surface area contributed by atoms with Gasteiger partial charge >= 0.3 is 0 Å². The fraction of sp³-hybridized carbons (Fsp3) is 0.389. The highest BCUT2D eigenvalue weighted by Crippen LogP contribution is 2.32. The van der Waals surface area contributed by atoms with Gasteiger partial charge in [-0.2, -0.15) is 0 Å². The molecule has 0 bridgehead atoms. The molecule has 0 saturated carbocycles. The van der Waals surface area contributed by atoms with Gasteiger partial charge in [-0.15, -0.1) is 0 Å². The number of hydrogen-bond donors (Lipinski definition) is 0. The number of likely N-dealkylation sites (tertiary alicyclic amines) is 1. The number of carbonyl (C=O) groups is 2. The molecule has 2 saturated heterocycles. The second-order valence-electron chi connectivity index (χ2n) is 6.08. The zero-order valence-electron chi connectivity index (χ0n) is 13.7. The number of nitrogens with zero attached hydrogens (tertiary/aromatic N) is 2. The largest absolute Gasteiger partial charge is 0.343 e. The fourth-order valence-corrected chi connectivity index (χ4v) is 4.15. The lowest BCUT2D eigenvalue weighted by Crippen LogP contribution is -2.34. The fourth-order valence-electron chi connectivity index (χ4n) is 2.84. The van der Waals surface area contributed by atoms with E-state index in [9.17, 15) is 9.59 Å². The molecule has 0 atom stereocenters. The van der Waals surface area contributed by atoms with Gasteiger partial charge < -0.3 is 4.90 Å². The molecule has 0 N–H and O–H groups in total. The summed E-state index contributed by atoms with van der Waals surface area (Å²) in [6.07, 6.45) is 4.35. The number of carbonyl (C=O) groups excluding carboxylic acids is 2. The normalized spacial score (nSPS) is 19.6. The van der Waals surface area contributed by atoms with E-state index in [-0.39, 0.29) is 11.8 Å². The van der Waals surface area contributed by atoms with Crippen LogP contribution in [0.3, 0.4) is 0 Å². The van der Waals surface area contributed by atoms with Crippen LogP contribution >= 0.6 is 24.0 Å². The van der Waals surface area contributed by atoms with E-state index in [2.05, 4.69) is 0 Å². The predicted octanol–water partition coefficient (Wildman–Crippen LogP) is 3.21. The number of thiocarbonyl (C=S) groups is 1. The van der Waals surface area contributed by atoms with E-state index in [0.29, 0.717) is 22.2 Å². The molecule has 6 heteroatoms. The van der Waals surface area contributed by atoms with Gasteiger partial charge in [0.1, 0.15) is 4.32 Å². The van der Waals surface area contributed by atoms with Gasteiger partial charge in [-0.1, -0.05) is 53.8 Å². The molecule has 2 amide bonds. The molecule has 4 nitrogen and oxygen atoms in total. The van der Waals surface area contributed by atoms with Crippen LogP contribution in [0.5, 0.6) is 0 Å². The van der Waals surface area contributed by atoms with Crippen LogP contribution in [0.15, 0.2) is 29.2 Å². The third kappa shape index (κ3) is 3.87. The SMILES string of the molecule is Cc1ccc(C=C2SC(=S)N(CCC(=O)N3CCCC3)C2=O)cc1. The van der Waals surface area contributed by atoms with E-state index >= 15 is 0 Å². The summed E-state index contributed by atoms with van der Waals surface area (Å²) in [5.74, 6) is 0.0175. The molecule has 2 aliphatic rings. The van der Waals surface area contributed by atoms with E-state index in [1.807, 2.05) is 42.2 Å². The van der Waals surface area contributed by atoms with Gasteiger partial charge in [-0.25, -0.2) is 0 Å². The van der Waals surface area contributed by atoms with Gasteiger partial charge in [0, 0.05) is 26.1 Å². The molecule has 1 aromatic carbocycles. The third-order valence-corrected chi connectivity index (χ3v) is 5.63. The Morgan fingerprint density at radius 2 is 1.92 bits per heavy atom. The van der Waals surface area contributed by atoms with Crippen molar-refractivity contribution in [1.29, 1.82) is 0 Å². The molecule has 0 aliphatic carbocycles. The van der Waals surface area contributed by atoms with Gasteiger partial charge in [-0.3, -0.25) is 14.5 Å². The minimum Gasteiger partial charge on any atom is -0.343 e. The summed E-state index contributed by atoms with van der Waals surface area (Å²) in [6, 6.07) is 8.00. The predicted molar refractivity (Wildman–Crippen MR) is 101 cm³/mol. The maximum Gasteiger partial charge on any atom is 0.266 e. The van der Waals surface area contributed by atoms with Crippen LogP contribution in [0.2, 0.25) is 0 Å². The van der Waals surface area contributed by atoms with Crippen LogP contribution in [0.1, 0.15) is 30.4 Å². The topological polar surface area (TPSA) is 40.6 Å². The first-order valence-corrected chi connectivity index (χ1v) is 9.37. The Kier molecular flexibility index (Phi) is 5.36. The average molecular weight is 361 g/mol. The summed E-state index contributed by atoms with van der Waals surface area (Å²) < 4.78 is 0.535. The molecule has 2 fully saturated rings. The van der Waals surface area contributed by atoms with Gasteiger partial charge in [0.05, 0.1) is 4.91 Å². The second kappa shape index (κ2) is 7.49. The van der Waals surface area contributed by atoms with Crippen LogP contribution in [0.25, 0.3) is 6.08 Å². The van der Waals surface area contributed by atoms with Crippen molar-refractivity contribution in [2.75, 3.05) is 19.6 Å². The van der Waals surface area contributed by atoms with Crippen molar-refractivity contribution < 1.29 is 9.59 Å². The maximum absolute atomic E-state index is 12.5. The van der Waals surface area contributed by atoms with Crippen molar-refractivity contribution >= 4 is 46.2 Å². The highest BCUT2D eigenvalue weighted by atomic mass is 32.2. The molecule has 24 heavy (non-hydrogen) atoms. The highest BCUT2D eigenvalue weighted by molar-refractivity contribution is 8.26. The molecule has 0 unspecified atom stereocenters. The Labute approximate surface area is 151 Å². The van der Waals surface area contributed by atoms with Gasteiger partial charge in [0.15, 0.2) is 0 Å². The van der Waals surface area contributed by atoms with E-state index in [0.717, 1.165) is 31.5 Å². The van der Waals surface area contributed by atoms with Gasteiger partial charge in [-0.05, 0) is 31.4 Å². The van der Waals surface area contributed by atoms with Crippen molar-refractivity contribution in [3.05, 3.63) is 40.3 Å². The first-order valence-electron chi connectivity index (χ1n) is 8.14. The second-order valence-corrected chi connectivity index (χ2v) is 7.76. The minimum atomic E-state index is -0.0974. The number of rotatable bonds is 4. The van der Waals surface area contributed by atoms with Crippen molar-refractivity contribution in [3.63, 3.8) is 0 Å². The number of hydrogen-bond acceptors (Lipinski definition) is 4. The number of benzene rings is 1. The van der Waals surface area contributed by atoms with Crippen molar-refractivity contribution in [2.45, 2.75) is 26.2 Å². The first kappa shape index (κ1) is 17.2. The van der Waals surface area contributed by atoms with Crippen molar-refractivity contribution in [2.24, 2.45) is 0 Å². The van der Waals surface area contributed by atoms with Crippen LogP contribution in [0, 0.1) is 6.92 Å². The molecule has 1 aromatic rings. The van der Waals surface area contributed by atoms with Gasteiger partial charge in [0.25, 0.3) is 5.91 Å². The summed E-state index contributed by atoms with van der Waals surface area (Å²) in [4.78, 5) is 28.7. The van der Waals surface area contributed by atoms with Crippen LogP contribution in [0.4, 0.5) is 0 Å². The van der Waals surface area contributed by atoms with Crippen LogP contribution in [-0.4, -0.2) is 45.6 Å². The number of aryl methyl sites for hydroxylation is 1. The molecular formula is C18H20N2O2S2. The number of amides is 2. The Hall–Kier alpha value is -1.66. The van der Waals surface area contributed by atoms with Crippen LogP contribution in [-0.2, 0) is 9.59 Å². The minimum absolute atomic E-state index is 0.0974. The van der Waals surface area contributed by atoms with E-state index in [4.69, 9.17) is 12.2 Å². The lowest BCUT2D eigenvalue weighted by Gasteiger charge is -2.18. The van der Waals surface area contributed by atoms with Crippen LogP contribution < -0.4 is 0 Å². The lowest BCUT2D eigenvalue weighted by molar-refractivity contribution is -0.130. The molecule has 126 valence electrons. The first-order chi connectivity index (χ1) is 11.5. The monoisotopic (exact) mass is 360 g/mol. The smallest absolute Gasteiger partial charge is 0.266 e. The average Bonchev–Trinajstić information content (AvgIpc) is 3.18. The summed E-state index contributed by atoms with van der Waals surface area (Å²) in [5, 5.41) is 0.